The van der Waals surface area contributed by atoms with Gasteiger partial charge in [0.1, 0.15) is 0 Å². The molecule has 0 bridgehead atoms. The molecule has 0 N–H and O–H groups in total. The number of hydrogen-bond acceptors (Lipinski definition) is 8. The highest BCUT2D eigenvalue weighted by Gasteiger charge is 2.30. The maximum Gasteiger partial charge on any atom is 0.416 e. The van der Waals surface area contributed by atoms with Crippen molar-refractivity contribution < 1.29 is 27.2 Å². The number of halogens is 3. The molecule has 4 aromatic rings. The topological polar surface area (TPSA) is 78.1 Å². The number of benzene rings is 2. The van der Waals surface area contributed by atoms with E-state index in [2.05, 4.69) is 15.1 Å². The lowest BCUT2D eigenvalue weighted by molar-refractivity contribution is -0.137. The molecule has 0 unspecified atom stereocenters. The predicted octanol–water partition coefficient (Wildman–Crippen LogP) is 5.86. The third-order valence-electron chi connectivity index (χ3n) is 4.23. The molecule has 4 rings (SSSR count). The van der Waals surface area contributed by atoms with Crippen molar-refractivity contribution in [3.8, 4) is 11.4 Å². The van der Waals surface area contributed by atoms with Gasteiger partial charge in [0.15, 0.2) is 6.61 Å². The van der Waals surface area contributed by atoms with E-state index in [0.717, 1.165) is 22.7 Å². The summed E-state index contributed by atoms with van der Waals surface area (Å²) in [6, 6.07) is 11.4. The predicted molar refractivity (Wildman–Crippen MR) is 112 cm³/mol. The van der Waals surface area contributed by atoms with Crippen molar-refractivity contribution in [3.63, 3.8) is 0 Å². The molecule has 2 heterocycles. The highest BCUT2D eigenvalue weighted by atomic mass is 32.2. The molecule has 0 amide bonds. The number of aromatic nitrogens is 3. The summed E-state index contributed by atoms with van der Waals surface area (Å²) in [5.41, 5.74) is 2.65. The highest BCUT2D eigenvalue weighted by molar-refractivity contribution is 7.98. The monoisotopic (exact) mass is 477 g/mol. The third-order valence-corrected chi connectivity index (χ3v) is 5.97. The van der Waals surface area contributed by atoms with Gasteiger partial charge in [-0.25, -0.2) is 9.78 Å². The summed E-state index contributed by atoms with van der Waals surface area (Å²) in [5.74, 6) is 0.194. The number of hydrogen-bond donors (Lipinski definition) is 0. The van der Waals surface area contributed by atoms with Crippen LogP contribution in [0.3, 0.4) is 0 Å². The van der Waals surface area contributed by atoms with Crippen LogP contribution in [0.25, 0.3) is 11.4 Å². The fourth-order valence-electron chi connectivity index (χ4n) is 2.67. The molecule has 0 aliphatic heterocycles. The smallest absolute Gasteiger partial charge is 0.416 e. The van der Waals surface area contributed by atoms with Crippen LogP contribution < -0.4 is 0 Å². The summed E-state index contributed by atoms with van der Waals surface area (Å²) in [6.45, 7) is -0.266. The van der Waals surface area contributed by atoms with Crippen molar-refractivity contribution in [1.29, 1.82) is 0 Å². The zero-order chi connectivity index (χ0) is 22.6. The number of thioether (sulfide) groups is 1. The average molecular weight is 477 g/mol. The van der Waals surface area contributed by atoms with Gasteiger partial charge in [-0.05, 0) is 24.3 Å². The summed E-state index contributed by atoms with van der Waals surface area (Å²) in [7, 11) is 0. The SMILES string of the molecule is O=C(OCc1nc(-c2ccc(C(F)(F)F)cc2)no1)c1ccccc1SCc1cscn1. The van der Waals surface area contributed by atoms with Gasteiger partial charge in [0, 0.05) is 21.6 Å². The minimum Gasteiger partial charge on any atom is -0.452 e. The Balaban J connectivity index is 1.38. The van der Waals surface area contributed by atoms with E-state index in [0.29, 0.717) is 16.9 Å². The Morgan fingerprint density at radius 2 is 1.91 bits per heavy atom. The van der Waals surface area contributed by atoms with E-state index < -0.39 is 17.7 Å². The Morgan fingerprint density at radius 3 is 2.62 bits per heavy atom. The number of rotatable bonds is 7. The first-order valence-corrected chi connectivity index (χ1v) is 11.1. The molecule has 11 heteroatoms. The Morgan fingerprint density at radius 1 is 1.12 bits per heavy atom. The van der Waals surface area contributed by atoms with E-state index in [-0.39, 0.29) is 18.3 Å². The molecular formula is C21H14F3N3O3S2. The Kier molecular flexibility index (Phi) is 6.56. The largest absolute Gasteiger partial charge is 0.452 e. The maximum absolute atomic E-state index is 12.7. The molecule has 6 nitrogen and oxygen atoms in total. The van der Waals surface area contributed by atoms with Gasteiger partial charge in [0.25, 0.3) is 5.89 Å². The van der Waals surface area contributed by atoms with Crippen LogP contribution in [0.2, 0.25) is 0 Å². The lowest BCUT2D eigenvalue weighted by atomic mass is 10.1. The standard InChI is InChI=1S/C21H14F3N3O3S2/c22-21(23,24)14-7-5-13(6-8-14)19-26-18(30-27-19)9-29-20(28)16-3-1-2-4-17(16)32-11-15-10-31-12-25-15/h1-8,10,12H,9,11H2. The Bertz CT molecular complexity index is 1190. The van der Waals surface area contributed by atoms with E-state index in [4.69, 9.17) is 9.26 Å². The van der Waals surface area contributed by atoms with Gasteiger partial charge in [0.05, 0.1) is 22.3 Å². The van der Waals surface area contributed by atoms with Gasteiger partial charge in [-0.3, -0.25) is 0 Å². The summed E-state index contributed by atoms with van der Waals surface area (Å²) >= 11 is 2.97. The summed E-state index contributed by atoms with van der Waals surface area (Å²) in [5, 5.41) is 5.68. The highest BCUT2D eigenvalue weighted by Crippen LogP contribution is 2.30. The van der Waals surface area contributed by atoms with Crippen LogP contribution in [0.1, 0.15) is 27.5 Å². The minimum atomic E-state index is -4.43. The summed E-state index contributed by atoms with van der Waals surface area (Å²) in [4.78, 5) is 21.6. The number of ether oxygens (including phenoxy) is 1. The van der Waals surface area contributed by atoms with E-state index in [9.17, 15) is 18.0 Å². The van der Waals surface area contributed by atoms with Crippen LogP contribution in [0.15, 0.2) is 68.8 Å². The average Bonchev–Trinajstić information content (AvgIpc) is 3.48. The Labute approximate surface area is 188 Å². The summed E-state index contributed by atoms with van der Waals surface area (Å²) < 4.78 is 48.4. The van der Waals surface area contributed by atoms with Gasteiger partial charge in [-0.2, -0.15) is 18.2 Å². The van der Waals surface area contributed by atoms with Crippen molar-refractivity contribution in [2.75, 3.05) is 0 Å². The first-order valence-electron chi connectivity index (χ1n) is 9.16. The zero-order valence-corrected chi connectivity index (χ0v) is 17.8. The van der Waals surface area contributed by atoms with Gasteiger partial charge >= 0.3 is 12.1 Å². The van der Waals surface area contributed by atoms with Crippen molar-refractivity contribution in [3.05, 3.63) is 82.1 Å². The molecule has 0 saturated heterocycles. The van der Waals surface area contributed by atoms with E-state index in [1.807, 2.05) is 17.5 Å². The van der Waals surface area contributed by atoms with Gasteiger partial charge in [-0.15, -0.1) is 23.1 Å². The second-order valence-corrected chi connectivity index (χ2v) is 8.16. The fourth-order valence-corrected chi connectivity index (χ4v) is 4.27. The summed E-state index contributed by atoms with van der Waals surface area (Å²) in [6.07, 6.45) is -4.43. The second kappa shape index (κ2) is 9.53. The maximum atomic E-state index is 12.7. The normalized spacial score (nSPS) is 11.5. The molecule has 0 saturated carbocycles. The van der Waals surface area contributed by atoms with Crippen LogP contribution in [-0.2, 0) is 23.3 Å². The number of esters is 1. The number of carbonyl (C=O) groups excluding carboxylic acids is 1. The third kappa shape index (κ3) is 5.35. The molecule has 0 aliphatic carbocycles. The molecule has 32 heavy (non-hydrogen) atoms. The van der Waals surface area contributed by atoms with Crippen LogP contribution in [0, 0.1) is 0 Å². The van der Waals surface area contributed by atoms with Crippen molar-refractivity contribution >= 4 is 29.1 Å². The molecule has 0 spiro atoms. The van der Waals surface area contributed by atoms with Crippen LogP contribution >= 0.6 is 23.1 Å². The first-order chi connectivity index (χ1) is 15.4. The molecule has 0 fully saturated rings. The van der Waals surface area contributed by atoms with Crippen molar-refractivity contribution in [1.82, 2.24) is 15.1 Å². The van der Waals surface area contributed by atoms with Crippen LogP contribution in [-0.4, -0.2) is 21.1 Å². The van der Waals surface area contributed by atoms with E-state index >= 15 is 0 Å². The first kappa shape index (κ1) is 22.0. The second-order valence-electron chi connectivity index (χ2n) is 6.43. The zero-order valence-electron chi connectivity index (χ0n) is 16.2. The van der Waals surface area contributed by atoms with Crippen molar-refractivity contribution in [2.45, 2.75) is 23.4 Å². The molecule has 0 atom stereocenters. The van der Waals surface area contributed by atoms with Gasteiger partial charge in [-0.1, -0.05) is 29.4 Å². The van der Waals surface area contributed by atoms with E-state index in [1.54, 1.807) is 17.6 Å². The number of nitrogens with zero attached hydrogens (tertiary/aromatic N) is 3. The Hall–Kier alpha value is -3.18. The van der Waals surface area contributed by atoms with E-state index in [1.165, 1.54) is 35.2 Å². The molecule has 2 aromatic carbocycles. The molecule has 164 valence electrons. The molecule has 0 radical (unpaired) electrons. The van der Waals surface area contributed by atoms with Gasteiger partial charge in [0.2, 0.25) is 5.82 Å². The molecule has 2 aromatic heterocycles. The quantitative estimate of drug-likeness (QED) is 0.244. The number of alkyl halides is 3. The van der Waals surface area contributed by atoms with Crippen LogP contribution in [0.5, 0.6) is 0 Å². The lowest BCUT2D eigenvalue weighted by Crippen LogP contribution is -2.07. The lowest BCUT2D eigenvalue weighted by Gasteiger charge is -2.07. The fraction of sp³-hybridized carbons (Fsp3) is 0.143. The minimum absolute atomic E-state index is 0.0286. The van der Waals surface area contributed by atoms with Gasteiger partial charge < -0.3 is 9.26 Å². The molecular weight excluding hydrogens is 463 g/mol. The van der Waals surface area contributed by atoms with Crippen molar-refractivity contribution in [2.24, 2.45) is 0 Å². The van der Waals surface area contributed by atoms with Crippen LogP contribution in [0.4, 0.5) is 13.2 Å². The number of thiazole rings is 1. The molecule has 0 aliphatic rings. The number of carbonyl (C=O) groups is 1.